The van der Waals surface area contributed by atoms with Gasteiger partial charge >= 0.3 is 6.09 Å². The molecule has 1 amide bonds. The molecule has 3 heteroatoms. The minimum absolute atomic E-state index is 0.169. The maximum absolute atomic E-state index is 11.8. The van der Waals surface area contributed by atoms with Crippen LogP contribution in [0.5, 0.6) is 0 Å². The number of amides is 1. The van der Waals surface area contributed by atoms with Crippen LogP contribution in [0.1, 0.15) is 54.4 Å². The number of carbonyl (C=O) groups excluding carboxylic acids is 1. The minimum Gasteiger partial charge on any atom is -0.449 e. The van der Waals surface area contributed by atoms with E-state index in [-0.39, 0.29) is 11.5 Å². The predicted molar refractivity (Wildman–Crippen MR) is 72.1 cm³/mol. The number of hydrogen-bond donors (Lipinski definition) is 0. The van der Waals surface area contributed by atoms with Gasteiger partial charge in [-0.25, -0.2) is 4.79 Å². The molecular weight excluding hydrogens is 214 g/mol. The predicted octanol–water partition coefficient (Wildman–Crippen LogP) is 3.93. The smallest absolute Gasteiger partial charge is 0.409 e. The molecule has 0 aliphatic rings. The van der Waals surface area contributed by atoms with Crippen LogP contribution in [0.4, 0.5) is 4.79 Å². The van der Waals surface area contributed by atoms with Crippen molar-refractivity contribution in [1.82, 2.24) is 4.90 Å². The van der Waals surface area contributed by atoms with Gasteiger partial charge in [0.15, 0.2) is 0 Å². The first-order valence-electron chi connectivity index (χ1n) is 6.68. The van der Waals surface area contributed by atoms with Gasteiger partial charge < -0.3 is 9.64 Å². The number of hydrogen-bond acceptors (Lipinski definition) is 2. The number of rotatable bonds is 6. The Bertz CT molecular complexity index is 219. The van der Waals surface area contributed by atoms with Gasteiger partial charge in [0.25, 0.3) is 0 Å². The van der Waals surface area contributed by atoms with Crippen molar-refractivity contribution in [2.24, 2.45) is 11.3 Å². The molecule has 17 heavy (non-hydrogen) atoms. The second-order valence-electron chi connectivity index (χ2n) is 6.19. The fraction of sp³-hybridized carbons (Fsp3) is 0.929. The Balaban J connectivity index is 3.96. The Labute approximate surface area is 107 Å². The lowest BCUT2D eigenvalue weighted by Gasteiger charge is -2.25. The van der Waals surface area contributed by atoms with E-state index in [0.29, 0.717) is 12.5 Å². The Morgan fingerprint density at radius 1 is 1.29 bits per heavy atom. The maximum atomic E-state index is 11.8. The standard InChI is InChI=1S/C14H29NO2/c1-7-15(10-9-14(4,5)6)13(16)17-11-8-12(2)3/h12H,7-11H2,1-6H3. The highest BCUT2D eigenvalue weighted by atomic mass is 16.6. The van der Waals surface area contributed by atoms with E-state index in [1.807, 2.05) is 6.92 Å². The van der Waals surface area contributed by atoms with Crippen LogP contribution in [0.25, 0.3) is 0 Å². The van der Waals surface area contributed by atoms with E-state index in [2.05, 4.69) is 34.6 Å². The second kappa shape index (κ2) is 7.57. The highest BCUT2D eigenvalue weighted by molar-refractivity contribution is 5.67. The molecule has 0 saturated heterocycles. The zero-order chi connectivity index (χ0) is 13.5. The summed E-state index contributed by atoms with van der Waals surface area (Å²) in [6.45, 7) is 14.8. The van der Waals surface area contributed by atoms with Crippen molar-refractivity contribution in [2.45, 2.75) is 54.4 Å². The van der Waals surface area contributed by atoms with E-state index in [1.165, 1.54) is 0 Å². The Hall–Kier alpha value is -0.730. The highest BCUT2D eigenvalue weighted by Gasteiger charge is 2.17. The normalized spacial score (nSPS) is 11.7. The van der Waals surface area contributed by atoms with Gasteiger partial charge in [-0.15, -0.1) is 0 Å². The van der Waals surface area contributed by atoms with Crippen molar-refractivity contribution in [3.63, 3.8) is 0 Å². The van der Waals surface area contributed by atoms with E-state index in [1.54, 1.807) is 4.90 Å². The summed E-state index contributed by atoms with van der Waals surface area (Å²) >= 11 is 0. The monoisotopic (exact) mass is 243 g/mol. The van der Waals surface area contributed by atoms with Gasteiger partial charge in [-0.1, -0.05) is 34.6 Å². The summed E-state index contributed by atoms with van der Waals surface area (Å²) in [4.78, 5) is 13.6. The van der Waals surface area contributed by atoms with Gasteiger partial charge in [0.1, 0.15) is 0 Å². The van der Waals surface area contributed by atoms with E-state index in [9.17, 15) is 4.79 Å². The number of nitrogens with zero attached hydrogens (tertiary/aromatic N) is 1. The zero-order valence-corrected chi connectivity index (χ0v) is 12.4. The third kappa shape index (κ3) is 9.02. The van der Waals surface area contributed by atoms with E-state index in [0.717, 1.165) is 25.9 Å². The third-order valence-electron chi connectivity index (χ3n) is 2.69. The van der Waals surface area contributed by atoms with Crippen LogP contribution in [0.15, 0.2) is 0 Å². The molecule has 0 radical (unpaired) electrons. The summed E-state index contributed by atoms with van der Waals surface area (Å²) in [5.41, 5.74) is 0.256. The van der Waals surface area contributed by atoms with Gasteiger partial charge in [0, 0.05) is 13.1 Å². The van der Waals surface area contributed by atoms with Crippen molar-refractivity contribution in [3.05, 3.63) is 0 Å². The quantitative estimate of drug-likeness (QED) is 0.707. The van der Waals surface area contributed by atoms with E-state index < -0.39 is 0 Å². The van der Waals surface area contributed by atoms with E-state index in [4.69, 9.17) is 4.74 Å². The van der Waals surface area contributed by atoms with Crippen LogP contribution in [0, 0.1) is 11.3 Å². The first-order valence-corrected chi connectivity index (χ1v) is 6.68. The van der Waals surface area contributed by atoms with Gasteiger partial charge in [-0.2, -0.15) is 0 Å². The number of carbonyl (C=O) groups is 1. The van der Waals surface area contributed by atoms with Gasteiger partial charge in [0.05, 0.1) is 6.61 Å². The van der Waals surface area contributed by atoms with Crippen molar-refractivity contribution in [2.75, 3.05) is 19.7 Å². The summed E-state index contributed by atoms with van der Waals surface area (Å²) in [6.07, 6.45) is 1.76. The molecule has 0 aromatic heterocycles. The first kappa shape index (κ1) is 16.3. The van der Waals surface area contributed by atoms with Gasteiger partial charge in [0.2, 0.25) is 0 Å². The molecule has 3 nitrogen and oxygen atoms in total. The van der Waals surface area contributed by atoms with Crippen molar-refractivity contribution in [1.29, 1.82) is 0 Å². The van der Waals surface area contributed by atoms with Crippen molar-refractivity contribution in [3.8, 4) is 0 Å². The third-order valence-corrected chi connectivity index (χ3v) is 2.69. The molecule has 0 aliphatic heterocycles. The largest absolute Gasteiger partial charge is 0.449 e. The van der Waals surface area contributed by atoms with Crippen LogP contribution in [0.2, 0.25) is 0 Å². The summed E-state index contributed by atoms with van der Waals surface area (Å²) in [6, 6.07) is 0. The Kier molecular flexibility index (Phi) is 7.24. The van der Waals surface area contributed by atoms with Crippen LogP contribution in [-0.2, 0) is 4.74 Å². The molecule has 0 atom stereocenters. The topological polar surface area (TPSA) is 29.5 Å². The lowest BCUT2D eigenvalue weighted by molar-refractivity contribution is 0.0960. The fourth-order valence-electron chi connectivity index (χ4n) is 1.32. The molecule has 0 aromatic rings. The Morgan fingerprint density at radius 3 is 2.29 bits per heavy atom. The molecule has 0 saturated carbocycles. The molecule has 0 spiro atoms. The molecule has 0 N–H and O–H groups in total. The van der Waals surface area contributed by atoms with Crippen molar-refractivity contribution < 1.29 is 9.53 Å². The average molecular weight is 243 g/mol. The molecule has 0 fully saturated rings. The lowest BCUT2D eigenvalue weighted by atomic mass is 9.92. The Morgan fingerprint density at radius 2 is 1.88 bits per heavy atom. The van der Waals surface area contributed by atoms with E-state index >= 15 is 0 Å². The van der Waals surface area contributed by atoms with Crippen LogP contribution in [0.3, 0.4) is 0 Å². The van der Waals surface area contributed by atoms with Crippen molar-refractivity contribution >= 4 is 6.09 Å². The first-order chi connectivity index (χ1) is 7.76. The molecule has 0 aromatic carbocycles. The molecule has 0 aliphatic carbocycles. The zero-order valence-electron chi connectivity index (χ0n) is 12.4. The number of ether oxygens (including phenoxy) is 1. The highest BCUT2D eigenvalue weighted by Crippen LogP contribution is 2.19. The molecule has 0 unspecified atom stereocenters. The van der Waals surface area contributed by atoms with Crippen LogP contribution in [-0.4, -0.2) is 30.7 Å². The van der Waals surface area contributed by atoms with Crippen LogP contribution < -0.4 is 0 Å². The lowest BCUT2D eigenvalue weighted by Crippen LogP contribution is -2.34. The summed E-state index contributed by atoms with van der Waals surface area (Å²) < 4.78 is 5.26. The second-order valence-corrected chi connectivity index (χ2v) is 6.19. The minimum atomic E-state index is -0.169. The van der Waals surface area contributed by atoms with Crippen LogP contribution >= 0.6 is 0 Å². The molecule has 0 bridgehead atoms. The van der Waals surface area contributed by atoms with Gasteiger partial charge in [-0.05, 0) is 31.1 Å². The SMILES string of the molecule is CCN(CCC(C)(C)C)C(=O)OCCC(C)C. The molecule has 102 valence electrons. The molecule has 0 rings (SSSR count). The fourth-order valence-corrected chi connectivity index (χ4v) is 1.32. The van der Waals surface area contributed by atoms with Gasteiger partial charge in [-0.3, -0.25) is 0 Å². The maximum Gasteiger partial charge on any atom is 0.409 e. The summed E-state index contributed by atoms with van der Waals surface area (Å²) in [5.74, 6) is 0.576. The average Bonchev–Trinajstić information content (AvgIpc) is 2.16. The molecular formula is C14H29NO2. The molecule has 0 heterocycles. The summed E-state index contributed by atoms with van der Waals surface area (Å²) in [5, 5.41) is 0. The summed E-state index contributed by atoms with van der Waals surface area (Å²) in [7, 11) is 0.